The molecule has 3 aromatic rings. The minimum atomic E-state index is -0.169. The lowest BCUT2D eigenvalue weighted by Gasteiger charge is -2.29. The normalized spacial score (nSPS) is 14.0. The largest absolute Gasteiger partial charge is 0.493 e. The predicted octanol–water partition coefficient (Wildman–Crippen LogP) is 4.43. The third kappa shape index (κ3) is 6.07. The molecule has 7 nitrogen and oxygen atoms in total. The van der Waals surface area contributed by atoms with E-state index in [1.54, 1.807) is 24.1 Å². The van der Waals surface area contributed by atoms with Gasteiger partial charge in [-0.15, -0.1) is 12.4 Å². The van der Waals surface area contributed by atoms with Crippen LogP contribution in [0, 0.1) is 6.92 Å². The van der Waals surface area contributed by atoms with Crippen LogP contribution in [-0.4, -0.2) is 68.9 Å². The van der Waals surface area contributed by atoms with Gasteiger partial charge in [0.1, 0.15) is 0 Å². The summed E-state index contributed by atoms with van der Waals surface area (Å²) in [5.41, 5.74) is 1.85. The number of hydrogen-bond acceptors (Lipinski definition) is 7. The summed E-state index contributed by atoms with van der Waals surface area (Å²) in [7, 11) is 1.58. The SMILES string of the molecule is COc1ccccc1OCC(=O)N(CCN1CCOCC1)c1nc2c(C)ccc(Cl)c2s1.Cl. The fraction of sp³-hybridized carbons (Fsp3) is 0.391. The van der Waals surface area contributed by atoms with Gasteiger partial charge in [-0.3, -0.25) is 14.6 Å². The molecule has 0 aliphatic carbocycles. The van der Waals surface area contributed by atoms with Crippen molar-refractivity contribution in [3.05, 3.63) is 47.0 Å². The topological polar surface area (TPSA) is 64.1 Å². The number of ether oxygens (including phenoxy) is 3. The van der Waals surface area contributed by atoms with Gasteiger partial charge >= 0.3 is 0 Å². The Morgan fingerprint density at radius 3 is 2.64 bits per heavy atom. The van der Waals surface area contributed by atoms with Gasteiger partial charge in [-0.25, -0.2) is 4.98 Å². The minimum Gasteiger partial charge on any atom is -0.493 e. The molecular formula is C23H27Cl2N3O4S. The number of aryl methyl sites for hydroxylation is 1. The quantitative estimate of drug-likeness (QED) is 0.445. The van der Waals surface area contributed by atoms with Crippen LogP contribution in [0.15, 0.2) is 36.4 Å². The number of methoxy groups -OCH3 is 1. The summed E-state index contributed by atoms with van der Waals surface area (Å²) < 4.78 is 17.4. The summed E-state index contributed by atoms with van der Waals surface area (Å²) in [6, 6.07) is 11.1. The number of carbonyl (C=O) groups excluding carboxylic acids is 1. The Morgan fingerprint density at radius 1 is 1.21 bits per heavy atom. The smallest absolute Gasteiger partial charge is 0.266 e. The number of carbonyl (C=O) groups is 1. The molecule has 1 fully saturated rings. The van der Waals surface area contributed by atoms with E-state index in [4.69, 9.17) is 30.8 Å². The van der Waals surface area contributed by atoms with Crippen molar-refractivity contribution in [2.45, 2.75) is 6.92 Å². The third-order valence-electron chi connectivity index (χ3n) is 5.38. The van der Waals surface area contributed by atoms with Gasteiger partial charge in [0.05, 0.1) is 35.6 Å². The molecule has 2 aromatic carbocycles. The first-order chi connectivity index (χ1) is 15.6. The molecule has 0 atom stereocenters. The minimum absolute atomic E-state index is 0. The summed E-state index contributed by atoms with van der Waals surface area (Å²) in [6.45, 7) is 6.23. The van der Waals surface area contributed by atoms with Crippen molar-refractivity contribution in [2.24, 2.45) is 0 Å². The number of amides is 1. The van der Waals surface area contributed by atoms with Crippen molar-refractivity contribution in [1.82, 2.24) is 9.88 Å². The Bertz CT molecular complexity index is 1050. The van der Waals surface area contributed by atoms with E-state index in [1.807, 2.05) is 31.2 Å². The summed E-state index contributed by atoms with van der Waals surface area (Å²) in [5.74, 6) is 0.944. The highest BCUT2D eigenvalue weighted by Crippen LogP contribution is 2.36. The molecule has 0 unspecified atom stereocenters. The zero-order valence-electron chi connectivity index (χ0n) is 18.6. The molecule has 0 N–H and O–H groups in total. The van der Waals surface area contributed by atoms with E-state index < -0.39 is 0 Å². The van der Waals surface area contributed by atoms with Crippen molar-refractivity contribution >= 4 is 56.6 Å². The fourth-order valence-electron chi connectivity index (χ4n) is 3.55. The van der Waals surface area contributed by atoms with Crippen molar-refractivity contribution in [1.29, 1.82) is 0 Å². The maximum atomic E-state index is 13.3. The highest BCUT2D eigenvalue weighted by Gasteiger charge is 2.23. The number of aromatic nitrogens is 1. The summed E-state index contributed by atoms with van der Waals surface area (Å²) in [4.78, 5) is 22.0. The zero-order valence-corrected chi connectivity index (χ0v) is 21.0. The highest BCUT2D eigenvalue weighted by molar-refractivity contribution is 7.23. The molecule has 178 valence electrons. The van der Waals surface area contributed by atoms with E-state index in [1.165, 1.54) is 11.3 Å². The van der Waals surface area contributed by atoms with E-state index in [0.29, 0.717) is 41.4 Å². The molecule has 0 saturated carbocycles. The van der Waals surface area contributed by atoms with Gasteiger partial charge in [0.2, 0.25) is 0 Å². The van der Waals surface area contributed by atoms with Gasteiger partial charge in [0.25, 0.3) is 5.91 Å². The van der Waals surface area contributed by atoms with Gasteiger partial charge in [0, 0.05) is 26.2 Å². The number of para-hydroxylation sites is 2. The molecule has 10 heteroatoms. The van der Waals surface area contributed by atoms with Crippen LogP contribution >= 0.6 is 35.3 Å². The maximum Gasteiger partial charge on any atom is 0.266 e. The van der Waals surface area contributed by atoms with Crippen LogP contribution in [0.3, 0.4) is 0 Å². The first-order valence-corrected chi connectivity index (χ1v) is 11.7. The van der Waals surface area contributed by atoms with Crippen LogP contribution in [-0.2, 0) is 9.53 Å². The van der Waals surface area contributed by atoms with Gasteiger partial charge in [-0.2, -0.15) is 0 Å². The van der Waals surface area contributed by atoms with E-state index in [2.05, 4.69) is 4.90 Å². The van der Waals surface area contributed by atoms with Crippen molar-refractivity contribution in [3.63, 3.8) is 0 Å². The average Bonchev–Trinajstić information content (AvgIpc) is 3.27. The Morgan fingerprint density at radius 2 is 1.94 bits per heavy atom. The van der Waals surface area contributed by atoms with Crippen LogP contribution in [0.1, 0.15) is 5.56 Å². The average molecular weight is 512 g/mol. The zero-order chi connectivity index (χ0) is 22.5. The molecule has 1 saturated heterocycles. The molecule has 0 spiro atoms. The fourth-order valence-corrected chi connectivity index (χ4v) is 4.91. The first kappa shape index (κ1) is 25.5. The highest BCUT2D eigenvalue weighted by atomic mass is 35.5. The second kappa shape index (κ2) is 11.9. The predicted molar refractivity (Wildman–Crippen MR) is 135 cm³/mol. The Balaban J connectivity index is 0.00000306. The number of nitrogens with zero attached hydrogens (tertiary/aromatic N) is 3. The molecular weight excluding hydrogens is 485 g/mol. The standard InChI is InChI=1S/C23H26ClN3O4S.ClH/c1-16-7-8-17(24)22-21(16)25-23(32-22)27(10-9-26-11-13-30-14-12-26)20(28)15-31-19-6-4-3-5-18(19)29-2;/h3-8H,9-15H2,1-2H3;1H. The number of benzene rings is 2. The molecule has 1 aromatic heterocycles. The molecule has 1 aliphatic rings. The maximum absolute atomic E-state index is 13.3. The summed E-state index contributed by atoms with van der Waals surface area (Å²) in [6.07, 6.45) is 0. The third-order valence-corrected chi connectivity index (χ3v) is 6.92. The number of anilines is 1. The van der Waals surface area contributed by atoms with Gasteiger partial charge in [0.15, 0.2) is 23.2 Å². The van der Waals surface area contributed by atoms with Crippen LogP contribution in [0.2, 0.25) is 5.02 Å². The Hall–Kier alpha value is -2.10. The summed E-state index contributed by atoms with van der Waals surface area (Å²) in [5, 5.41) is 1.26. The Labute approximate surface area is 208 Å². The lowest BCUT2D eigenvalue weighted by molar-refractivity contribution is -0.120. The van der Waals surface area contributed by atoms with E-state index in [-0.39, 0.29) is 24.9 Å². The molecule has 0 bridgehead atoms. The lowest BCUT2D eigenvalue weighted by Crippen LogP contribution is -2.44. The second-order valence-electron chi connectivity index (χ2n) is 7.48. The number of fused-ring (bicyclic) bond motifs is 1. The lowest BCUT2D eigenvalue weighted by atomic mass is 10.2. The molecule has 4 rings (SSSR count). The summed E-state index contributed by atoms with van der Waals surface area (Å²) >= 11 is 7.84. The van der Waals surface area contributed by atoms with Crippen molar-refractivity contribution in [3.8, 4) is 11.5 Å². The number of hydrogen-bond donors (Lipinski definition) is 0. The van der Waals surface area contributed by atoms with Crippen LogP contribution in [0.5, 0.6) is 11.5 Å². The molecule has 1 amide bonds. The molecule has 0 radical (unpaired) electrons. The van der Waals surface area contributed by atoms with E-state index >= 15 is 0 Å². The van der Waals surface area contributed by atoms with Crippen molar-refractivity contribution < 1.29 is 19.0 Å². The Kier molecular flexibility index (Phi) is 9.17. The number of thiazole rings is 1. The van der Waals surface area contributed by atoms with Gasteiger partial charge in [-0.05, 0) is 30.7 Å². The van der Waals surface area contributed by atoms with Crippen LogP contribution in [0.4, 0.5) is 5.13 Å². The number of rotatable bonds is 8. The first-order valence-electron chi connectivity index (χ1n) is 10.5. The number of halogens is 2. The van der Waals surface area contributed by atoms with E-state index in [9.17, 15) is 4.79 Å². The molecule has 33 heavy (non-hydrogen) atoms. The van der Waals surface area contributed by atoms with Gasteiger partial charge in [-0.1, -0.05) is 41.1 Å². The van der Waals surface area contributed by atoms with Gasteiger partial charge < -0.3 is 14.2 Å². The van der Waals surface area contributed by atoms with Crippen LogP contribution in [0.25, 0.3) is 10.2 Å². The number of morpholine rings is 1. The molecule has 1 aliphatic heterocycles. The molecule has 2 heterocycles. The monoisotopic (exact) mass is 511 g/mol. The van der Waals surface area contributed by atoms with Crippen LogP contribution < -0.4 is 14.4 Å². The van der Waals surface area contributed by atoms with Crippen molar-refractivity contribution in [2.75, 3.05) is 58.0 Å². The second-order valence-corrected chi connectivity index (χ2v) is 8.86. The van der Waals surface area contributed by atoms with E-state index in [0.717, 1.165) is 35.4 Å².